The van der Waals surface area contributed by atoms with Gasteiger partial charge < -0.3 is 4.57 Å². The molecule has 2 aromatic heterocycles. The topological polar surface area (TPSA) is 52.7 Å². The number of imidazole rings is 1. The maximum Gasteiger partial charge on any atom is 0.280 e. The lowest BCUT2D eigenvalue weighted by molar-refractivity contribution is 0.471. The summed E-state index contributed by atoms with van der Waals surface area (Å²) in [4.78, 5) is 21.7. The van der Waals surface area contributed by atoms with Crippen molar-refractivity contribution in [2.75, 3.05) is 5.75 Å². The third kappa shape index (κ3) is 1.81. The highest BCUT2D eigenvalue weighted by molar-refractivity contribution is 7.99. The van der Waals surface area contributed by atoms with E-state index in [0.717, 1.165) is 36.0 Å². The monoisotopic (exact) mass is 278 g/mol. The Morgan fingerprint density at radius 1 is 1.37 bits per heavy atom. The first-order valence-corrected chi connectivity index (χ1v) is 7.76. The quantitative estimate of drug-likeness (QED) is 0.807. The van der Waals surface area contributed by atoms with Crippen molar-refractivity contribution in [1.82, 2.24) is 19.1 Å². The molecule has 6 heteroatoms. The Hall–Kier alpha value is -1.30. The van der Waals surface area contributed by atoms with Gasteiger partial charge in [0.25, 0.3) is 5.56 Å². The summed E-state index contributed by atoms with van der Waals surface area (Å²) in [7, 11) is 1.90. The fraction of sp³-hybridized carbons (Fsp3) is 0.615. The first-order valence-electron chi connectivity index (χ1n) is 6.78. The first kappa shape index (κ1) is 12.7. The number of rotatable bonds is 3. The summed E-state index contributed by atoms with van der Waals surface area (Å²) in [6.07, 6.45) is 2.93. The van der Waals surface area contributed by atoms with Gasteiger partial charge in [-0.05, 0) is 6.42 Å². The second-order valence-electron chi connectivity index (χ2n) is 4.94. The average molecular weight is 278 g/mol. The third-order valence-corrected chi connectivity index (χ3v) is 4.80. The van der Waals surface area contributed by atoms with Crippen LogP contribution in [0, 0.1) is 0 Å². The molecule has 0 fully saturated rings. The van der Waals surface area contributed by atoms with E-state index in [1.165, 1.54) is 0 Å². The zero-order valence-electron chi connectivity index (χ0n) is 11.5. The molecule has 0 spiro atoms. The van der Waals surface area contributed by atoms with Crippen LogP contribution in [0.1, 0.15) is 38.6 Å². The lowest BCUT2D eigenvalue weighted by Crippen LogP contribution is -2.25. The molecular formula is C13H18N4OS. The van der Waals surface area contributed by atoms with Crippen molar-refractivity contribution in [1.29, 1.82) is 0 Å². The highest BCUT2D eigenvalue weighted by atomic mass is 32.2. The number of nitrogens with zero attached hydrogens (tertiary/aromatic N) is 4. The smallest absolute Gasteiger partial charge is 0.280 e. The van der Waals surface area contributed by atoms with Crippen LogP contribution in [-0.4, -0.2) is 24.9 Å². The van der Waals surface area contributed by atoms with Gasteiger partial charge in [-0.2, -0.15) is 0 Å². The van der Waals surface area contributed by atoms with Gasteiger partial charge >= 0.3 is 0 Å². The largest absolute Gasteiger partial charge is 0.325 e. The van der Waals surface area contributed by atoms with E-state index in [-0.39, 0.29) is 11.6 Å². The zero-order chi connectivity index (χ0) is 13.6. The van der Waals surface area contributed by atoms with Crippen molar-refractivity contribution in [3.63, 3.8) is 0 Å². The fourth-order valence-electron chi connectivity index (χ4n) is 2.72. The number of thioether (sulfide) groups is 1. The number of aryl methyl sites for hydroxylation is 2. The van der Waals surface area contributed by atoms with Crippen LogP contribution in [0.25, 0.3) is 11.2 Å². The summed E-state index contributed by atoms with van der Waals surface area (Å²) in [5, 5.41) is 0.830. The SMILES string of the molecule is CCCC1CSc2nc3nc(CC)n(C)c3c(=O)n21. The van der Waals surface area contributed by atoms with Crippen LogP contribution in [-0.2, 0) is 13.5 Å². The molecule has 1 aliphatic heterocycles. The van der Waals surface area contributed by atoms with E-state index < -0.39 is 0 Å². The number of hydrogen-bond acceptors (Lipinski definition) is 4. The van der Waals surface area contributed by atoms with E-state index in [4.69, 9.17) is 0 Å². The summed E-state index contributed by atoms with van der Waals surface area (Å²) in [5.74, 6) is 1.87. The second-order valence-corrected chi connectivity index (χ2v) is 5.92. The molecule has 0 saturated heterocycles. The van der Waals surface area contributed by atoms with Gasteiger partial charge in [0.15, 0.2) is 16.3 Å². The van der Waals surface area contributed by atoms with Crippen LogP contribution < -0.4 is 5.56 Å². The van der Waals surface area contributed by atoms with Gasteiger partial charge in [0.1, 0.15) is 5.82 Å². The van der Waals surface area contributed by atoms with E-state index in [1.807, 2.05) is 23.1 Å². The van der Waals surface area contributed by atoms with Gasteiger partial charge in [-0.25, -0.2) is 9.97 Å². The number of hydrogen-bond donors (Lipinski definition) is 0. The van der Waals surface area contributed by atoms with Crippen LogP contribution in [0.3, 0.4) is 0 Å². The van der Waals surface area contributed by atoms with E-state index in [2.05, 4.69) is 16.9 Å². The minimum absolute atomic E-state index is 0.0677. The third-order valence-electron chi connectivity index (χ3n) is 3.71. The van der Waals surface area contributed by atoms with Crippen molar-refractivity contribution in [2.24, 2.45) is 7.05 Å². The number of aromatic nitrogens is 4. The zero-order valence-corrected chi connectivity index (χ0v) is 12.3. The molecule has 0 aliphatic carbocycles. The molecule has 0 aromatic carbocycles. The van der Waals surface area contributed by atoms with Crippen LogP contribution in [0.2, 0.25) is 0 Å². The van der Waals surface area contributed by atoms with Gasteiger partial charge in [-0.15, -0.1) is 0 Å². The van der Waals surface area contributed by atoms with Crippen molar-refractivity contribution < 1.29 is 0 Å². The Morgan fingerprint density at radius 3 is 2.84 bits per heavy atom. The molecule has 2 aromatic rings. The first-order chi connectivity index (χ1) is 9.17. The Kier molecular flexibility index (Phi) is 3.12. The molecule has 0 N–H and O–H groups in total. The van der Waals surface area contributed by atoms with E-state index in [1.54, 1.807) is 11.8 Å². The molecule has 0 saturated carbocycles. The van der Waals surface area contributed by atoms with Crippen LogP contribution in [0.15, 0.2) is 9.95 Å². The van der Waals surface area contributed by atoms with Crippen LogP contribution >= 0.6 is 11.8 Å². The summed E-state index contributed by atoms with van der Waals surface area (Å²) in [6, 6.07) is 0.286. The van der Waals surface area contributed by atoms with E-state index in [9.17, 15) is 4.79 Å². The molecule has 0 radical (unpaired) electrons. The molecule has 1 atom stereocenters. The molecular weight excluding hydrogens is 260 g/mol. The minimum Gasteiger partial charge on any atom is -0.325 e. The predicted molar refractivity (Wildman–Crippen MR) is 76.8 cm³/mol. The molecule has 1 unspecified atom stereocenters. The summed E-state index contributed by atoms with van der Waals surface area (Å²) in [5.41, 5.74) is 1.31. The van der Waals surface area contributed by atoms with Gasteiger partial charge in [-0.3, -0.25) is 9.36 Å². The van der Waals surface area contributed by atoms with E-state index in [0.29, 0.717) is 11.2 Å². The molecule has 3 heterocycles. The highest BCUT2D eigenvalue weighted by Crippen LogP contribution is 2.33. The standard InChI is InChI=1S/C13H18N4OS/c1-4-6-8-7-19-13-15-11-10(12(18)17(8)13)16(3)9(5-2)14-11/h8H,4-7H2,1-3H3. The Morgan fingerprint density at radius 2 is 2.16 bits per heavy atom. The van der Waals surface area contributed by atoms with Crippen molar-refractivity contribution in [3.05, 3.63) is 16.2 Å². The van der Waals surface area contributed by atoms with Crippen molar-refractivity contribution in [3.8, 4) is 0 Å². The molecule has 5 nitrogen and oxygen atoms in total. The molecule has 102 valence electrons. The van der Waals surface area contributed by atoms with Crippen LogP contribution in [0.4, 0.5) is 0 Å². The van der Waals surface area contributed by atoms with E-state index >= 15 is 0 Å². The van der Waals surface area contributed by atoms with Gasteiger partial charge in [0.2, 0.25) is 0 Å². The Labute approximate surface area is 116 Å². The van der Waals surface area contributed by atoms with Crippen molar-refractivity contribution >= 4 is 22.9 Å². The summed E-state index contributed by atoms with van der Waals surface area (Å²) >= 11 is 1.67. The lowest BCUT2D eigenvalue weighted by atomic mass is 10.2. The average Bonchev–Trinajstić information content (AvgIpc) is 2.93. The summed E-state index contributed by atoms with van der Waals surface area (Å²) < 4.78 is 3.77. The molecule has 1 aliphatic rings. The lowest BCUT2D eigenvalue weighted by Gasteiger charge is -2.11. The fourth-order valence-corrected chi connectivity index (χ4v) is 3.90. The summed E-state index contributed by atoms with van der Waals surface area (Å²) in [6.45, 7) is 4.19. The van der Waals surface area contributed by atoms with Gasteiger partial charge in [-0.1, -0.05) is 32.0 Å². The molecule has 0 bridgehead atoms. The van der Waals surface area contributed by atoms with Crippen molar-refractivity contribution in [2.45, 2.75) is 44.3 Å². The predicted octanol–water partition coefficient (Wildman–Crippen LogP) is 2.14. The maximum atomic E-state index is 12.7. The Balaban J connectivity index is 2.27. The minimum atomic E-state index is 0.0677. The normalized spacial score (nSPS) is 18.2. The van der Waals surface area contributed by atoms with Gasteiger partial charge in [0, 0.05) is 25.3 Å². The van der Waals surface area contributed by atoms with Gasteiger partial charge in [0.05, 0.1) is 0 Å². The maximum absolute atomic E-state index is 12.7. The van der Waals surface area contributed by atoms with Crippen LogP contribution in [0.5, 0.6) is 0 Å². The number of fused-ring (bicyclic) bond motifs is 2. The highest BCUT2D eigenvalue weighted by Gasteiger charge is 2.27. The second kappa shape index (κ2) is 4.67. The molecule has 19 heavy (non-hydrogen) atoms. The Bertz CT molecular complexity index is 688. The molecule has 3 rings (SSSR count). The molecule has 0 amide bonds.